The standard InChI is InChI=1S/C63H39N7/c1-5-21-40(22-6-1)50-39-51-46-31-15-19-35-54(46)70(59(51)60-56(50)49-32-16-20-36-55(49)68(60)43-27-11-4-12-28-43)63-65-61(41-23-7-2-8-24-41)64-62(66-63)69-53-34-18-14-30-45(53)48-38-37-47-44-29-13-17-33-52(44)67(57(47)58(48)69)42-25-9-3-10-26-42/h1-39H. The number of aromatic nitrogens is 7. The Morgan fingerprint density at radius 3 is 1.16 bits per heavy atom. The zero-order valence-electron chi connectivity index (χ0n) is 37.6. The van der Waals surface area contributed by atoms with Gasteiger partial charge in [-0.2, -0.15) is 15.0 Å². The van der Waals surface area contributed by atoms with Crippen molar-refractivity contribution in [1.82, 2.24) is 33.2 Å². The second-order valence-electron chi connectivity index (χ2n) is 18.0. The first kappa shape index (κ1) is 38.5. The largest absolute Gasteiger partial charge is 0.307 e. The fraction of sp³-hybridized carbons (Fsp3) is 0. The fourth-order valence-electron chi connectivity index (χ4n) is 11.3. The van der Waals surface area contributed by atoms with Crippen LogP contribution in [0, 0.1) is 0 Å². The second kappa shape index (κ2) is 15.0. The van der Waals surface area contributed by atoms with Gasteiger partial charge in [0, 0.05) is 60.0 Å². The molecule has 0 radical (unpaired) electrons. The van der Waals surface area contributed by atoms with Gasteiger partial charge in [0.1, 0.15) is 0 Å². The van der Waals surface area contributed by atoms with Gasteiger partial charge < -0.3 is 9.13 Å². The molecule has 0 fully saturated rings. The van der Waals surface area contributed by atoms with Crippen molar-refractivity contribution in [3.8, 4) is 45.8 Å². The van der Waals surface area contributed by atoms with Crippen LogP contribution in [0.2, 0.25) is 0 Å². The minimum absolute atomic E-state index is 0.524. The second-order valence-corrected chi connectivity index (χ2v) is 18.0. The van der Waals surface area contributed by atoms with Gasteiger partial charge in [-0.15, -0.1) is 0 Å². The Labute approximate surface area is 401 Å². The van der Waals surface area contributed by atoms with Gasteiger partial charge in [0.05, 0.1) is 44.1 Å². The smallest absolute Gasteiger partial charge is 0.240 e. The third-order valence-electron chi connectivity index (χ3n) is 14.2. The summed E-state index contributed by atoms with van der Waals surface area (Å²) in [6, 6.07) is 84.2. The molecule has 70 heavy (non-hydrogen) atoms. The van der Waals surface area contributed by atoms with Crippen LogP contribution < -0.4 is 0 Å². The maximum atomic E-state index is 5.74. The zero-order chi connectivity index (χ0) is 45.9. The maximum Gasteiger partial charge on any atom is 0.240 e. The van der Waals surface area contributed by atoms with E-state index in [4.69, 9.17) is 15.0 Å². The molecule has 10 aromatic carbocycles. The van der Waals surface area contributed by atoms with E-state index in [0.717, 1.165) is 93.6 Å². The van der Waals surface area contributed by atoms with Crippen LogP contribution in [-0.2, 0) is 0 Å². The summed E-state index contributed by atoms with van der Waals surface area (Å²) >= 11 is 0. The van der Waals surface area contributed by atoms with Crippen molar-refractivity contribution in [3.63, 3.8) is 0 Å². The molecule has 15 rings (SSSR count). The van der Waals surface area contributed by atoms with Crippen LogP contribution in [0.3, 0.4) is 0 Å². The molecule has 7 nitrogen and oxygen atoms in total. The Kier molecular flexibility index (Phi) is 8.23. The molecule has 0 aliphatic heterocycles. The minimum Gasteiger partial charge on any atom is -0.307 e. The normalized spacial score (nSPS) is 12.0. The Bertz CT molecular complexity index is 4560. The van der Waals surface area contributed by atoms with Crippen molar-refractivity contribution in [2.75, 3.05) is 0 Å². The molecule has 0 aliphatic rings. The number of fused-ring (bicyclic) bond motifs is 14. The molecule has 15 aromatic rings. The first-order valence-electron chi connectivity index (χ1n) is 23.7. The summed E-state index contributed by atoms with van der Waals surface area (Å²) in [6.45, 7) is 0. The molecule has 0 aliphatic carbocycles. The molecule has 5 aromatic heterocycles. The molecule has 0 amide bonds. The average Bonchev–Trinajstić information content (AvgIpc) is 4.17. The van der Waals surface area contributed by atoms with Crippen LogP contribution in [0.15, 0.2) is 237 Å². The number of nitrogens with zero attached hydrogens (tertiary/aromatic N) is 7. The van der Waals surface area contributed by atoms with Gasteiger partial charge >= 0.3 is 0 Å². The van der Waals surface area contributed by atoms with Crippen LogP contribution in [0.25, 0.3) is 133 Å². The summed E-state index contributed by atoms with van der Waals surface area (Å²) in [4.78, 5) is 16.8. The molecule has 0 bridgehead atoms. The Balaban J connectivity index is 1.14. The summed E-state index contributed by atoms with van der Waals surface area (Å²) in [6.07, 6.45) is 0. The molecule has 0 unspecified atom stereocenters. The lowest BCUT2D eigenvalue weighted by molar-refractivity contribution is 0.893. The van der Waals surface area contributed by atoms with E-state index >= 15 is 0 Å². The Hall–Kier alpha value is -9.59. The van der Waals surface area contributed by atoms with Gasteiger partial charge in [-0.1, -0.05) is 182 Å². The predicted molar refractivity (Wildman–Crippen MR) is 288 cm³/mol. The molecule has 0 spiro atoms. The highest BCUT2D eigenvalue weighted by molar-refractivity contribution is 6.28. The summed E-state index contributed by atoms with van der Waals surface area (Å²) in [5.74, 6) is 1.63. The molecule has 0 saturated carbocycles. The lowest BCUT2D eigenvalue weighted by Gasteiger charge is -2.15. The number of benzene rings is 10. The van der Waals surface area contributed by atoms with Crippen molar-refractivity contribution in [1.29, 1.82) is 0 Å². The summed E-state index contributed by atoms with van der Waals surface area (Å²) in [5.41, 5.74) is 13.8. The van der Waals surface area contributed by atoms with Crippen molar-refractivity contribution in [2.45, 2.75) is 0 Å². The van der Waals surface area contributed by atoms with Crippen molar-refractivity contribution in [3.05, 3.63) is 237 Å². The van der Waals surface area contributed by atoms with Crippen LogP contribution in [-0.4, -0.2) is 33.2 Å². The predicted octanol–water partition coefficient (Wildman–Crippen LogP) is 15.6. The summed E-state index contributed by atoms with van der Waals surface area (Å²) in [5, 5.41) is 9.12. The lowest BCUT2D eigenvalue weighted by Crippen LogP contribution is -2.11. The molecule has 7 heteroatoms. The van der Waals surface area contributed by atoms with E-state index < -0.39 is 0 Å². The van der Waals surface area contributed by atoms with Gasteiger partial charge in [0.15, 0.2) is 5.82 Å². The molecular weight excluding hydrogens is 855 g/mol. The molecule has 5 heterocycles. The number of rotatable bonds is 6. The Morgan fingerprint density at radius 1 is 0.257 bits per heavy atom. The van der Waals surface area contributed by atoms with Gasteiger partial charge in [0.2, 0.25) is 11.9 Å². The van der Waals surface area contributed by atoms with E-state index in [-0.39, 0.29) is 0 Å². The molecule has 326 valence electrons. The highest BCUT2D eigenvalue weighted by atomic mass is 15.3. The van der Waals surface area contributed by atoms with Crippen molar-refractivity contribution < 1.29 is 0 Å². The minimum atomic E-state index is 0.524. The van der Waals surface area contributed by atoms with Crippen LogP contribution in [0.5, 0.6) is 0 Å². The quantitative estimate of drug-likeness (QED) is 0.167. The highest BCUT2D eigenvalue weighted by Gasteiger charge is 2.28. The van der Waals surface area contributed by atoms with Crippen LogP contribution in [0.1, 0.15) is 0 Å². The van der Waals surface area contributed by atoms with Crippen LogP contribution >= 0.6 is 0 Å². The van der Waals surface area contributed by atoms with Gasteiger partial charge in [0.25, 0.3) is 0 Å². The first-order valence-corrected chi connectivity index (χ1v) is 23.7. The van der Waals surface area contributed by atoms with E-state index in [1.54, 1.807) is 0 Å². The molecular formula is C63H39N7. The fourth-order valence-corrected chi connectivity index (χ4v) is 11.3. The third-order valence-corrected chi connectivity index (χ3v) is 14.2. The first-order chi connectivity index (χ1) is 34.8. The number of hydrogen-bond donors (Lipinski definition) is 0. The third kappa shape index (κ3) is 5.48. The molecule has 0 atom stereocenters. The van der Waals surface area contributed by atoms with E-state index in [9.17, 15) is 0 Å². The van der Waals surface area contributed by atoms with Crippen molar-refractivity contribution >= 4 is 87.2 Å². The maximum absolute atomic E-state index is 5.74. The molecule has 0 N–H and O–H groups in total. The monoisotopic (exact) mass is 893 g/mol. The van der Waals surface area contributed by atoms with E-state index in [0.29, 0.717) is 17.7 Å². The van der Waals surface area contributed by atoms with Crippen LogP contribution in [0.4, 0.5) is 0 Å². The van der Waals surface area contributed by atoms with E-state index in [1.807, 2.05) is 18.2 Å². The average molecular weight is 894 g/mol. The molecule has 0 saturated heterocycles. The van der Waals surface area contributed by atoms with E-state index in [2.05, 4.69) is 237 Å². The van der Waals surface area contributed by atoms with E-state index in [1.165, 1.54) is 21.7 Å². The topological polar surface area (TPSA) is 58.4 Å². The highest BCUT2D eigenvalue weighted by Crippen LogP contribution is 2.47. The number of hydrogen-bond acceptors (Lipinski definition) is 3. The zero-order valence-corrected chi connectivity index (χ0v) is 37.6. The summed E-state index contributed by atoms with van der Waals surface area (Å²) < 4.78 is 9.41. The Morgan fingerprint density at radius 2 is 0.629 bits per heavy atom. The van der Waals surface area contributed by atoms with Gasteiger partial charge in [-0.25, -0.2) is 0 Å². The SMILES string of the molecule is c1ccc(-c2nc(-n3c4ccccc4c4ccc5c6ccccc6n(-c6ccccc6)c5c43)nc(-n3c4ccccc4c4cc(-c5ccccc5)c5c6ccccc6n(-c6ccccc6)c5c43)n2)cc1. The summed E-state index contributed by atoms with van der Waals surface area (Å²) in [7, 11) is 0. The lowest BCUT2D eigenvalue weighted by atomic mass is 9.96. The number of para-hydroxylation sites is 6. The van der Waals surface area contributed by atoms with Crippen molar-refractivity contribution in [2.24, 2.45) is 0 Å². The van der Waals surface area contributed by atoms with Gasteiger partial charge in [-0.3, -0.25) is 9.13 Å². The van der Waals surface area contributed by atoms with Gasteiger partial charge in [-0.05, 0) is 65.7 Å².